The van der Waals surface area contributed by atoms with Crippen molar-refractivity contribution in [3.63, 3.8) is 0 Å². The second kappa shape index (κ2) is 7.87. The van der Waals surface area contributed by atoms with E-state index in [-0.39, 0.29) is 18.5 Å². The number of hydrogen-bond donors (Lipinski definition) is 1. The first-order valence-corrected chi connectivity index (χ1v) is 8.96. The molecule has 0 saturated carbocycles. The van der Waals surface area contributed by atoms with Crippen LogP contribution in [-0.4, -0.2) is 44.9 Å². The van der Waals surface area contributed by atoms with Crippen molar-refractivity contribution in [1.29, 1.82) is 0 Å². The number of rotatable bonds is 6. The molecule has 1 aliphatic heterocycles. The van der Waals surface area contributed by atoms with Crippen LogP contribution in [0.1, 0.15) is 5.56 Å². The number of hydrogen-bond acceptors (Lipinski definition) is 8. The van der Waals surface area contributed by atoms with Crippen LogP contribution in [0.5, 0.6) is 11.5 Å². The summed E-state index contributed by atoms with van der Waals surface area (Å²) in [5.41, 5.74) is 4.10. The SMILES string of the molecule is O=C(CSc1nnnn1-c1ccccc1)N/N=C\c1ccc2c(c1)OCO2. The fraction of sp³-hybridized carbons (Fsp3) is 0.118. The molecule has 0 atom stereocenters. The van der Waals surface area contributed by atoms with E-state index in [4.69, 9.17) is 9.47 Å². The Kier molecular flexibility index (Phi) is 4.97. The van der Waals surface area contributed by atoms with Gasteiger partial charge in [0.25, 0.3) is 5.91 Å². The second-order valence-corrected chi connectivity index (χ2v) is 6.35. The molecular formula is C17H14N6O3S. The first kappa shape index (κ1) is 17.0. The van der Waals surface area contributed by atoms with Crippen LogP contribution in [0.2, 0.25) is 0 Å². The molecule has 0 spiro atoms. The van der Waals surface area contributed by atoms with E-state index in [0.717, 1.165) is 11.3 Å². The van der Waals surface area contributed by atoms with Crippen LogP contribution in [0, 0.1) is 0 Å². The number of carbonyl (C=O) groups is 1. The minimum absolute atomic E-state index is 0.131. The van der Waals surface area contributed by atoms with Crippen molar-refractivity contribution in [3.8, 4) is 17.2 Å². The van der Waals surface area contributed by atoms with E-state index in [9.17, 15) is 4.79 Å². The number of thioether (sulfide) groups is 1. The minimum Gasteiger partial charge on any atom is -0.454 e. The first-order chi connectivity index (χ1) is 13.3. The lowest BCUT2D eigenvalue weighted by Gasteiger charge is -2.03. The molecule has 9 nitrogen and oxygen atoms in total. The molecule has 4 rings (SSSR count). The largest absolute Gasteiger partial charge is 0.454 e. The van der Waals surface area contributed by atoms with Crippen LogP contribution in [0.25, 0.3) is 5.69 Å². The summed E-state index contributed by atoms with van der Waals surface area (Å²) in [5.74, 6) is 1.23. The lowest BCUT2D eigenvalue weighted by atomic mass is 10.2. The first-order valence-electron chi connectivity index (χ1n) is 7.98. The highest BCUT2D eigenvalue weighted by Gasteiger charge is 2.13. The predicted octanol–water partition coefficient (Wildman–Crippen LogP) is 1.63. The number of amides is 1. The van der Waals surface area contributed by atoms with Crippen LogP contribution >= 0.6 is 11.8 Å². The van der Waals surface area contributed by atoms with E-state index in [2.05, 4.69) is 26.1 Å². The van der Waals surface area contributed by atoms with Gasteiger partial charge in [-0.05, 0) is 46.3 Å². The molecule has 1 amide bonds. The Labute approximate surface area is 158 Å². The van der Waals surface area contributed by atoms with Crippen LogP contribution < -0.4 is 14.9 Å². The molecule has 2 heterocycles. The zero-order valence-corrected chi connectivity index (χ0v) is 14.8. The Morgan fingerprint density at radius 1 is 1.22 bits per heavy atom. The van der Waals surface area contributed by atoms with E-state index in [0.29, 0.717) is 16.7 Å². The van der Waals surface area contributed by atoms with Crippen LogP contribution in [0.4, 0.5) is 0 Å². The van der Waals surface area contributed by atoms with Crippen molar-refractivity contribution in [2.45, 2.75) is 5.16 Å². The highest BCUT2D eigenvalue weighted by Crippen LogP contribution is 2.31. The van der Waals surface area contributed by atoms with Gasteiger partial charge in [0.2, 0.25) is 11.9 Å². The summed E-state index contributed by atoms with van der Waals surface area (Å²) in [6.45, 7) is 0.215. The monoisotopic (exact) mass is 382 g/mol. The van der Waals surface area contributed by atoms with Crippen molar-refractivity contribution >= 4 is 23.9 Å². The third kappa shape index (κ3) is 4.06. The zero-order chi connectivity index (χ0) is 18.5. The maximum Gasteiger partial charge on any atom is 0.250 e. The number of para-hydroxylation sites is 1. The van der Waals surface area contributed by atoms with Gasteiger partial charge in [-0.15, -0.1) is 5.10 Å². The number of aromatic nitrogens is 4. The molecule has 1 aromatic heterocycles. The summed E-state index contributed by atoms with van der Waals surface area (Å²) in [6.07, 6.45) is 1.54. The fourth-order valence-electron chi connectivity index (χ4n) is 2.33. The highest BCUT2D eigenvalue weighted by atomic mass is 32.2. The van der Waals surface area contributed by atoms with Crippen molar-refractivity contribution in [3.05, 3.63) is 54.1 Å². The summed E-state index contributed by atoms with van der Waals surface area (Å²) in [5, 5.41) is 16.0. The van der Waals surface area contributed by atoms with Crippen LogP contribution in [0.15, 0.2) is 58.8 Å². The van der Waals surface area contributed by atoms with E-state index >= 15 is 0 Å². The molecular weight excluding hydrogens is 368 g/mol. The van der Waals surface area contributed by atoms with Crippen LogP contribution in [-0.2, 0) is 4.79 Å². The van der Waals surface area contributed by atoms with Gasteiger partial charge < -0.3 is 9.47 Å². The van der Waals surface area contributed by atoms with Gasteiger partial charge in [-0.3, -0.25) is 4.79 Å². The maximum atomic E-state index is 12.0. The summed E-state index contributed by atoms with van der Waals surface area (Å²) in [6, 6.07) is 14.9. The predicted molar refractivity (Wildman–Crippen MR) is 98.2 cm³/mol. The number of hydrazone groups is 1. The van der Waals surface area contributed by atoms with E-state index in [1.807, 2.05) is 36.4 Å². The molecule has 10 heteroatoms. The third-order valence-electron chi connectivity index (χ3n) is 3.57. The average molecular weight is 382 g/mol. The molecule has 1 aliphatic rings. The number of fused-ring (bicyclic) bond motifs is 1. The molecule has 2 aromatic carbocycles. The molecule has 0 bridgehead atoms. The van der Waals surface area contributed by atoms with Crippen molar-refractivity contribution < 1.29 is 14.3 Å². The smallest absolute Gasteiger partial charge is 0.250 e. The molecule has 0 radical (unpaired) electrons. The molecule has 0 saturated heterocycles. The molecule has 27 heavy (non-hydrogen) atoms. The molecule has 0 fully saturated rings. The number of benzene rings is 2. The van der Waals surface area contributed by atoms with Gasteiger partial charge in [0.1, 0.15) is 0 Å². The lowest BCUT2D eigenvalue weighted by molar-refractivity contribution is -0.118. The minimum atomic E-state index is -0.264. The molecule has 1 N–H and O–H groups in total. The van der Waals surface area contributed by atoms with Gasteiger partial charge in [-0.25, -0.2) is 5.43 Å². The van der Waals surface area contributed by atoms with Crippen molar-refractivity contribution in [2.24, 2.45) is 5.10 Å². The standard InChI is InChI=1S/C17H14N6O3S/c24-16(19-18-9-12-6-7-14-15(8-12)26-11-25-14)10-27-17-20-21-22-23(17)13-4-2-1-3-5-13/h1-9H,10-11H2,(H,19,24)/b18-9-. The average Bonchev–Trinajstić information content (AvgIpc) is 3.36. The quantitative estimate of drug-likeness (QED) is 0.393. The maximum absolute atomic E-state index is 12.0. The normalized spacial score (nSPS) is 12.4. The Morgan fingerprint density at radius 2 is 2.07 bits per heavy atom. The number of nitrogens with zero attached hydrogens (tertiary/aromatic N) is 5. The summed E-state index contributed by atoms with van der Waals surface area (Å²) < 4.78 is 12.1. The van der Waals surface area contributed by atoms with E-state index < -0.39 is 0 Å². The fourth-order valence-corrected chi connectivity index (χ4v) is 3.02. The number of tetrazole rings is 1. The zero-order valence-electron chi connectivity index (χ0n) is 14.0. The van der Waals surface area contributed by atoms with Crippen LogP contribution in [0.3, 0.4) is 0 Å². The van der Waals surface area contributed by atoms with Gasteiger partial charge in [-0.1, -0.05) is 30.0 Å². The van der Waals surface area contributed by atoms with Gasteiger partial charge in [0, 0.05) is 0 Å². The molecule has 3 aromatic rings. The van der Waals surface area contributed by atoms with Crippen molar-refractivity contribution in [1.82, 2.24) is 25.6 Å². The second-order valence-electron chi connectivity index (χ2n) is 5.40. The third-order valence-corrected chi connectivity index (χ3v) is 4.49. The Bertz CT molecular complexity index is 976. The van der Waals surface area contributed by atoms with Crippen molar-refractivity contribution in [2.75, 3.05) is 12.5 Å². The van der Waals surface area contributed by atoms with Gasteiger partial charge in [-0.2, -0.15) is 9.78 Å². The number of nitrogens with one attached hydrogen (secondary N) is 1. The summed E-state index contributed by atoms with van der Waals surface area (Å²) in [7, 11) is 0. The number of carbonyl (C=O) groups excluding carboxylic acids is 1. The summed E-state index contributed by atoms with van der Waals surface area (Å²) in [4.78, 5) is 12.0. The Morgan fingerprint density at radius 3 is 2.96 bits per heavy atom. The molecule has 0 unspecified atom stereocenters. The van der Waals surface area contributed by atoms with E-state index in [1.165, 1.54) is 11.8 Å². The number of ether oxygens (including phenoxy) is 2. The summed E-state index contributed by atoms with van der Waals surface area (Å²) >= 11 is 1.22. The molecule has 136 valence electrons. The highest BCUT2D eigenvalue weighted by molar-refractivity contribution is 7.99. The molecule has 0 aliphatic carbocycles. The van der Waals surface area contributed by atoms with E-state index in [1.54, 1.807) is 23.0 Å². The Hall–Kier alpha value is -3.40. The topological polar surface area (TPSA) is 104 Å². The van der Waals surface area contributed by atoms with Gasteiger partial charge in [0.05, 0.1) is 17.7 Å². The van der Waals surface area contributed by atoms with Gasteiger partial charge in [0.15, 0.2) is 11.5 Å². The Balaban J connectivity index is 1.31. The van der Waals surface area contributed by atoms with Gasteiger partial charge >= 0.3 is 0 Å². The lowest BCUT2D eigenvalue weighted by Crippen LogP contribution is -2.20.